The highest BCUT2D eigenvalue weighted by Crippen LogP contribution is 2.30. The quantitative estimate of drug-likeness (QED) is 0.836. The van der Waals surface area contributed by atoms with E-state index in [2.05, 4.69) is 0 Å². The van der Waals surface area contributed by atoms with Crippen LogP contribution in [0.15, 0.2) is 24.3 Å². The Balaban J connectivity index is 2.96. The second-order valence-corrected chi connectivity index (χ2v) is 4.37. The fraction of sp³-hybridized carbons (Fsp3) is 0.538. The number of benzene rings is 1. The lowest BCUT2D eigenvalue weighted by molar-refractivity contribution is -0.230. The second kappa shape index (κ2) is 6.34. The van der Waals surface area contributed by atoms with Gasteiger partial charge in [0, 0.05) is 6.04 Å². The van der Waals surface area contributed by atoms with E-state index in [1.807, 2.05) is 0 Å². The monoisotopic (exact) mass is 279 g/mol. The summed E-state index contributed by atoms with van der Waals surface area (Å²) >= 11 is 0. The Morgan fingerprint density at radius 1 is 1.32 bits per heavy atom. The van der Waals surface area contributed by atoms with E-state index in [1.165, 1.54) is 18.2 Å². The highest BCUT2D eigenvalue weighted by atomic mass is 19.4. The summed E-state index contributed by atoms with van der Waals surface area (Å²) < 4.78 is 55.7. The molecule has 0 saturated heterocycles. The molecule has 0 aliphatic rings. The van der Waals surface area contributed by atoms with Gasteiger partial charge in [-0.1, -0.05) is 19.1 Å². The maximum atomic E-state index is 13.1. The van der Waals surface area contributed by atoms with Crippen LogP contribution < -0.4 is 5.73 Å². The van der Waals surface area contributed by atoms with Gasteiger partial charge in [0.1, 0.15) is 5.82 Å². The minimum atomic E-state index is -4.47. The first kappa shape index (κ1) is 15.9. The molecule has 0 heterocycles. The van der Waals surface area contributed by atoms with E-state index in [0.29, 0.717) is 12.0 Å². The van der Waals surface area contributed by atoms with Crippen LogP contribution in [-0.2, 0) is 4.74 Å². The van der Waals surface area contributed by atoms with Crippen molar-refractivity contribution in [2.75, 3.05) is 0 Å². The third-order valence-electron chi connectivity index (χ3n) is 2.85. The molecule has 2 N–H and O–H groups in total. The minimum absolute atomic E-state index is 0.311. The summed E-state index contributed by atoms with van der Waals surface area (Å²) in [5, 5.41) is 0. The lowest BCUT2D eigenvalue weighted by Gasteiger charge is -2.28. The second-order valence-electron chi connectivity index (χ2n) is 4.37. The molecule has 0 aliphatic carbocycles. The molecule has 0 radical (unpaired) electrons. The highest BCUT2D eigenvalue weighted by Gasteiger charge is 2.39. The first-order valence-electron chi connectivity index (χ1n) is 5.99. The first-order valence-corrected chi connectivity index (χ1v) is 5.99. The lowest BCUT2D eigenvalue weighted by Crippen LogP contribution is -2.37. The molecule has 6 heteroatoms. The molecule has 0 aliphatic heterocycles. The van der Waals surface area contributed by atoms with Gasteiger partial charge in [0.25, 0.3) is 0 Å². The van der Waals surface area contributed by atoms with Crippen molar-refractivity contribution in [3.8, 4) is 0 Å². The zero-order chi connectivity index (χ0) is 14.6. The third-order valence-corrected chi connectivity index (χ3v) is 2.85. The van der Waals surface area contributed by atoms with E-state index in [-0.39, 0.29) is 0 Å². The van der Waals surface area contributed by atoms with Crippen molar-refractivity contribution in [2.24, 2.45) is 5.73 Å². The Hall–Kier alpha value is -1.14. The van der Waals surface area contributed by atoms with Crippen LogP contribution in [-0.4, -0.2) is 18.3 Å². The zero-order valence-electron chi connectivity index (χ0n) is 10.7. The summed E-state index contributed by atoms with van der Waals surface area (Å²) in [6.45, 7) is 2.65. The van der Waals surface area contributed by atoms with E-state index < -0.39 is 30.2 Å². The summed E-state index contributed by atoms with van der Waals surface area (Å²) in [4.78, 5) is 0. The standard InChI is InChI=1S/C13H17F4NO/c1-3-11(18)12(19-8(2)13(15,16)17)9-5-4-6-10(14)7-9/h4-8,11-12H,3,18H2,1-2H3. The molecule has 3 unspecified atom stereocenters. The summed E-state index contributed by atoms with van der Waals surface area (Å²) in [6.07, 6.45) is -7.00. The third kappa shape index (κ3) is 4.47. The smallest absolute Gasteiger partial charge is 0.360 e. The Morgan fingerprint density at radius 3 is 2.42 bits per heavy atom. The predicted octanol–water partition coefficient (Wildman–Crippen LogP) is 3.57. The number of alkyl halides is 3. The van der Waals surface area contributed by atoms with Crippen LogP contribution in [0.1, 0.15) is 31.9 Å². The van der Waals surface area contributed by atoms with E-state index in [4.69, 9.17) is 10.5 Å². The number of hydrogen-bond donors (Lipinski definition) is 1. The number of nitrogens with two attached hydrogens (primary N) is 1. The van der Waals surface area contributed by atoms with Crippen molar-refractivity contribution in [2.45, 2.75) is 44.7 Å². The summed E-state index contributed by atoms with van der Waals surface area (Å²) in [5.74, 6) is -0.533. The maximum Gasteiger partial charge on any atom is 0.414 e. The number of ether oxygens (including phenoxy) is 1. The fourth-order valence-corrected chi connectivity index (χ4v) is 1.62. The predicted molar refractivity (Wildman–Crippen MR) is 64.0 cm³/mol. The SMILES string of the molecule is CCC(N)C(OC(C)C(F)(F)F)c1cccc(F)c1. The van der Waals surface area contributed by atoms with E-state index >= 15 is 0 Å². The van der Waals surface area contributed by atoms with Crippen LogP contribution in [0, 0.1) is 5.82 Å². The molecule has 0 saturated carbocycles. The van der Waals surface area contributed by atoms with E-state index in [1.54, 1.807) is 6.92 Å². The Kier molecular flexibility index (Phi) is 5.31. The Labute approximate surface area is 109 Å². The van der Waals surface area contributed by atoms with Gasteiger partial charge in [-0.05, 0) is 31.0 Å². The van der Waals surface area contributed by atoms with Crippen molar-refractivity contribution in [1.29, 1.82) is 0 Å². The summed E-state index contributed by atoms with van der Waals surface area (Å²) in [5.41, 5.74) is 6.09. The zero-order valence-corrected chi connectivity index (χ0v) is 10.7. The van der Waals surface area contributed by atoms with Gasteiger partial charge < -0.3 is 10.5 Å². The largest absolute Gasteiger partial charge is 0.414 e. The van der Waals surface area contributed by atoms with Crippen LogP contribution >= 0.6 is 0 Å². The summed E-state index contributed by atoms with van der Waals surface area (Å²) in [7, 11) is 0. The van der Waals surface area contributed by atoms with Gasteiger partial charge in [-0.2, -0.15) is 13.2 Å². The fourth-order valence-electron chi connectivity index (χ4n) is 1.62. The van der Waals surface area contributed by atoms with Gasteiger partial charge >= 0.3 is 6.18 Å². The molecule has 0 spiro atoms. The molecule has 1 aromatic carbocycles. The van der Waals surface area contributed by atoms with E-state index in [9.17, 15) is 17.6 Å². The highest BCUT2D eigenvalue weighted by molar-refractivity contribution is 5.20. The van der Waals surface area contributed by atoms with Crippen molar-refractivity contribution >= 4 is 0 Å². The molecule has 0 amide bonds. The molecular formula is C13H17F4NO. The minimum Gasteiger partial charge on any atom is -0.360 e. The number of hydrogen-bond acceptors (Lipinski definition) is 2. The Morgan fingerprint density at radius 2 is 1.95 bits per heavy atom. The molecule has 0 fully saturated rings. The molecule has 0 bridgehead atoms. The molecule has 0 aromatic heterocycles. The van der Waals surface area contributed by atoms with Gasteiger partial charge in [0.15, 0.2) is 6.10 Å². The van der Waals surface area contributed by atoms with Crippen molar-refractivity contribution < 1.29 is 22.3 Å². The summed E-state index contributed by atoms with van der Waals surface area (Å²) in [6, 6.07) is 4.65. The van der Waals surface area contributed by atoms with Crippen LogP contribution in [0.3, 0.4) is 0 Å². The molecule has 1 aromatic rings. The van der Waals surface area contributed by atoms with Crippen LogP contribution in [0.25, 0.3) is 0 Å². The van der Waals surface area contributed by atoms with Crippen molar-refractivity contribution in [1.82, 2.24) is 0 Å². The maximum absolute atomic E-state index is 13.1. The van der Waals surface area contributed by atoms with Crippen LogP contribution in [0.2, 0.25) is 0 Å². The van der Waals surface area contributed by atoms with Crippen LogP contribution in [0.5, 0.6) is 0 Å². The average Bonchev–Trinajstić information content (AvgIpc) is 2.33. The Bertz CT molecular complexity index is 408. The molecule has 2 nitrogen and oxygen atoms in total. The first-order chi connectivity index (χ1) is 8.75. The molecule has 3 atom stereocenters. The molecule has 1 rings (SSSR count). The lowest BCUT2D eigenvalue weighted by atomic mass is 10.0. The van der Waals surface area contributed by atoms with Gasteiger partial charge in [0.2, 0.25) is 0 Å². The number of rotatable bonds is 5. The number of halogens is 4. The topological polar surface area (TPSA) is 35.2 Å². The van der Waals surface area contributed by atoms with Crippen molar-refractivity contribution in [3.63, 3.8) is 0 Å². The molecule has 108 valence electrons. The van der Waals surface area contributed by atoms with E-state index in [0.717, 1.165) is 13.0 Å². The van der Waals surface area contributed by atoms with Gasteiger partial charge in [-0.15, -0.1) is 0 Å². The van der Waals surface area contributed by atoms with Gasteiger partial charge in [-0.25, -0.2) is 4.39 Å². The van der Waals surface area contributed by atoms with Crippen molar-refractivity contribution in [3.05, 3.63) is 35.6 Å². The van der Waals surface area contributed by atoms with Crippen LogP contribution in [0.4, 0.5) is 17.6 Å². The van der Waals surface area contributed by atoms with Gasteiger partial charge in [0.05, 0.1) is 6.10 Å². The normalized spacial score (nSPS) is 17.0. The van der Waals surface area contributed by atoms with Gasteiger partial charge in [-0.3, -0.25) is 0 Å². The molecule has 19 heavy (non-hydrogen) atoms. The molecular weight excluding hydrogens is 262 g/mol. The average molecular weight is 279 g/mol.